The van der Waals surface area contributed by atoms with Crippen LogP contribution in [-0.4, -0.2) is 25.4 Å². The molecule has 2 heterocycles. The van der Waals surface area contributed by atoms with Gasteiger partial charge in [-0.2, -0.15) is 18.3 Å². The first kappa shape index (κ1) is 23.5. The minimum atomic E-state index is -4.83. The van der Waals surface area contributed by atoms with Crippen molar-refractivity contribution in [2.45, 2.75) is 13.1 Å². The van der Waals surface area contributed by atoms with E-state index in [4.69, 9.17) is 23.2 Å². The van der Waals surface area contributed by atoms with E-state index in [0.717, 1.165) is 23.8 Å². The number of alkyl halides is 3. The van der Waals surface area contributed by atoms with E-state index in [2.05, 4.69) is 15.4 Å². The van der Waals surface area contributed by atoms with Crippen LogP contribution < -0.4 is 5.32 Å². The maximum Gasteiger partial charge on any atom is 0.433 e. The Hall–Kier alpha value is -3.70. The number of nitrogens with zero attached hydrogens (tertiary/aromatic N) is 4. The lowest BCUT2D eigenvalue weighted by Gasteiger charge is -2.11. The van der Waals surface area contributed by atoms with Gasteiger partial charge in [0.25, 0.3) is 11.6 Å². The highest BCUT2D eigenvalue weighted by atomic mass is 35.5. The Bertz CT molecular complexity index is 1450. The number of halogens is 5. The lowest BCUT2D eigenvalue weighted by atomic mass is 10.1. The molecule has 2 aromatic heterocycles. The van der Waals surface area contributed by atoms with Gasteiger partial charge >= 0.3 is 6.18 Å². The molecule has 0 unspecified atom stereocenters. The van der Waals surface area contributed by atoms with Gasteiger partial charge in [-0.25, -0.2) is 9.50 Å². The number of rotatable bonds is 4. The highest BCUT2D eigenvalue weighted by molar-refractivity contribution is 6.37. The molecule has 0 spiro atoms. The molecule has 0 saturated heterocycles. The van der Waals surface area contributed by atoms with Gasteiger partial charge in [0.15, 0.2) is 17.0 Å². The van der Waals surface area contributed by atoms with Crippen molar-refractivity contribution < 1.29 is 22.9 Å². The Morgan fingerprint density at radius 3 is 2.38 bits per heavy atom. The van der Waals surface area contributed by atoms with E-state index in [9.17, 15) is 28.1 Å². The van der Waals surface area contributed by atoms with E-state index in [0.29, 0.717) is 10.1 Å². The number of carbonyl (C=O) groups is 1. The maximum absolute atomic E-state index is 13.8. The van der Waals surface area contributed by atoms with Gasteiger partial charge in [0.2, 0.25) is 0 Å². The number of aryl methyl sites for hydroxylation is 1. The molecule has 0 saturated carbocycles. The second-order valence-electron chi connectivity index (χ2n) is 7.16. The summed E-state index contributed by atoms with van der Waals surface area (Å²) in [6.07, 6.45) is -4.83. The molecule has 0 fully saturated rings. The summed E-state index contributed by atoms with van der Waals surface area (Å²) in [4.78, 5) is 27.1. The number of hydrogen-bond acceptors (Lipinski definition) is 5. The van der Waals surface area contributed by atoms with Gasteiger partial charge in [-0.15, -0.1) is 0 Å². The van der Waals surface area contributed by atoms with Crippen molar-refractivity contribution in [2.24, 2.45) is 0 Å². The second-order valence-corrected chi connectivity index (χ2v) is 7.95. The molecule has 34 heavy (non-hydrogen) atoms. The number of non-ortho nitro benzene ring substituents is 1. The molecule has 2 aromatic carbocycles. The number of nitrogens with one attached hydrogen (secondary N) is 1. The Kier molecular flexibility index (Phi) is 5.92. The number of hydrogen-bond donors (Lipinski definition) is 1. The number of nitro groups is 1. The summed E-state index contributed by atoms with van der Waals surface area (Å²) in [6.45, 7) is 1.83. The highest BCUT2D eigenvalue weighted by Crippen LogP contribution is 2.35. The fraction of sp³-hybridized carbons (Fsp3) is 0.0952. The van der Waals surface area contributed by atoms with Gasteiger partial charge in [-0.3, -0.25) is 14.9 Å². The lowest BCUT2D eigenvalue weighted by molar-refractivity contribution is -0.384. The van der Waals surface area contributed by atoms with Crippen molar-refractivity contribution in [3.8, 4) is 11.3 Å². The van der Waals surface area contributed by atoms with Gasteiger partial charge in [0.05, 0.1) is 21.3 Å². The average Bonchev–Trinajstić information content (AvgIpc) is 3.10. The van der Waals surface area contributed by atoms with Crippen LogP contribution >= 0.6 is 23.2 Å². The van der Waals surface area contributed by atoms with Crippen LogP contribution in [0.25, 0.3) is 16.9 Å². The number of benzene rings is 2. The van der Waals surface area contributed by atoms with E-state index in [-0.39, 0.29) is 27.7 Å². The molecule has 4 aromatic rings. The van der Waals surface area contributed by atoms with Crippen molar-refractivity contribution in [1.29, 1.82) is 0 Å². The van der Waals surface area contributed by atoms with E-state index in [1.165, 1.54) is 6.07 Å². The molecule has 174 valence electrons. The Labute approximate surface area is 199 Å². The molecule has 0 aliphatic rings. The monoisotopic (exact) mass is 509 g/mol. The highest BCUT2D eigenvalue weighted by Gasteiger charge is 2.36. The van der Waals surface area contributed by atoms with Crippen LogP contribution in [0.3, 0.4) is 0 Å². The van der Waals surface area contributed by atoms with E-state index in [1.807, 2.05) is 6.92 Å². The van der Waals surface area contributed by atoms with Gasteiger partial charge in [0, 0.05) is 17.7 Å². The normalized spacial score (nSPS) is 11.6. The van der Waals surface area contributed by atoms with Crippen LogP contribution in [0.5, 0.6) is 0 Å². The number of amides is 1. The predicted molar refractivity (Wildman–Crippen MR) is 119 cm³/mol. The Morgan fingerprint density at radius 1 is 1.12 bits per heavy atom. The third-order valence-corrected chi connectivity index (χ3v) is 5.46. The first-order chi connectivity index (χ1) is 16.0. The van der Waals surface area contributed by atoms with Crippen LogP contribution in [0.15, 0.2) is 48.5 Å². The molecular weight excluding hydrogens is 498 g/mol. The summed E-state index contributed by atoms with van der Waals surface area (Å²) < 4.78 is 41.9. The largest absolute Gasteiger partial charge is 0.433 e. The molecule has 0 bridgehead atoms. The fourth-order valence-electron chi connectivity index (χ4n) is 3.11. The van der Waals surface area contributed by atoms with Gasteiger partial charge in [-0.1, -0.05) is 53.0 Å². The number of fused-ring (bicyclic) bond motifs is 1. The standard InChI is InChI=1S/C21H12Cl2F3N5O3/c1-10-2-4-11(5-3-10)15-9-16(21(24,25)26)30-19(27-15)17(23)18(29-30)20(32)28-14-7-6-12(31(33)34)8-13(14)22/h2-9H,1H3,(H,28,32). The van der Waals surface area contributed by atoms with Gasteiger partial charge < -0.3 is 5.32 Å². The van der Waals surface area contributed by atoms with Crippen LogP contribution in [0.2, 0.25) is 10.0 Å². The van der Waals surface area contributed by atoms with E-state index in [1.54, 1.807) is 24.3 Å². The number of carbonyl (C=O) groups excluding carboxylic acids is 1. The molecule has 0 aliphatic carbocycles. The summed E-state index contributed by atoms with van der Waals surface area (Å²) in [6, 6.07) is 10.8. The van der Waals surface area contributed by atoms with Crippen LogP contribution in [0.1, 0.15) is 21.7 Å². The number of aromatic nitrogens is 3. The molecule has 0 atom stereocenters. The van der Waals surface area contributed by atoms with Crippen LogP contribution in [0.4, 0.5) is 24.5 Å². The molecule has 0 aliphatic heterocycles. The van der Waals surface area contributed by atoms with E-state index >= 15 is 0 Å². The summed E-state index contributed by atoms with van der Waals surface area (Å²) in [5.41, 5.74) is -1.09. The SMILES string of the molecule is Cc1ccc(-c2cc(C(F)(F)F)n3nc(C(=O)Nc4ccc([N+](=O)[O-])cc4Cl)c(Cl)c3n2)cc1. The van der Waals surface area contributed by atoms with Crippen LogP contribution in [-0.2, 0) is 6.18 Å². The van der Waals surface area contributed by atoms with Crippen molar-refractivity contribution >= 4 is 46.1 Å². The quantitative estimate of drug-likeness (QED) is 0.261. The third-order valence-electron chi connectivity index (χ3n) is 4.80. The Morgan fingerprint density at radius 2 is 1.79 bits per heavy atom. The molecule has 0 radical (unpaired) electrons. The van der Waals surface area contributed by atoms with Crippen molar-refractivity contribution in [3.05, 3.63) is 85.6 Å². The first-order valence-corrected chi connectivity index (χ1v) is 10.2. The van der Waals surface area contributed by atoms with Crippen molar-refractivity contribution in [1.82, 2.24) is 14.6 Å². The first-order valence-electron chi connectivity index (χ1n) is 9.44. The third kappa shape index (κ3) is 4.39. The minimum Gasteiger partial charge on any atom is -0.319 e. The topological polar surface area (TPSA) is 102 Å². The zero-order chi connectivity index (χ0) is 24.8. The molecule has 13 heteroatoms. The lowest BCUT2D eigenvalue weighted by Crippen LogP contribution is -2.16. The van der Waals surface area contributed by atoms with E-state index < -0.39 is 33.4 Å². The predicted octanol–water partition coefficient (Wildman–Crippen LogP) is 6.19. The summed E-state index contributed by atoms with van der Waals surface area (Å²) in [5, 5.41) is 16.4. The number of anilines is 1. The number of nitro benzene ring substituents is 1. The maximum atomic E-state index is 13.8. The smallest absolute Gasteiger partial charge is 0.319 e. The summed E-state index contributed by atoms with van der Waals surface area (Å²) >= 11 is 12.2. The van der Waals surface area contributed by atoms with Gasteiger partial charge in [-0.05, 0) is 19.1 Å². The average molecular weight is 510 g/mol. The summed E-state index contributed by atoms with van der Waals surface area (Å²) in [7, 11) is 0. The molecule has 4 rings (SSSR count). The molecular formula is C21H12Cl2F3N5O3. The molecule has 1 amide bonds. The molecule has 1 N–H and O–H groups in total. The summed E-state index contributed by atoms with van der Waals surface area (Å²) in [5.74, 6) is -0.976. The zero-order valence-electron chi connectivity index (χ0n) is 17.0. The molecule has 8 nitrogen and oxygen atoms in total. The van der Waals surface area contributed by atoms with Crippen LogP contribution in [0, 0.1) is 17.0 Å². The van der Waals surface area contributed by atoms with Crippen molar-refractivity contribution in [2.75, 3.05) is 5.32 Å². The van der Waals surface area contributed by atoms with Crippen molar-refractivity contribution in [3.63, 3.8) is 0 Å². The second kappa shape index (κ2) is 8.58. The minimum absolute atomic E-state index is 0.00741. The Balaban J connectivity index is 1.80. The fourth-order valence-corrected chi connectivity index (χ4v) is 3.58. The zero-order valence-corrected chi connectivity index (χ0v) is 18.5. The van der Waals surface area contributed by atoms with Gasteiger partial charge in [0.1, 0.15) is 5.02 Å².